The van der Waals surface area contributed by atoms with Crippen LogP contribution in [0.15, 0.2) is 22.2 Å². The van der Waals surface area contributed by atoms with Gasteiger partial charge in [-0.1, -0.05) is 0 Å². The van der Waals surface area contributed by atoms with Gasteiger partial charge in [-0.25, -0.2) is 4.68 Å². The summed E-state index contributed by atoms with van der Waals surface area (Å²) in [7, 11) is 0. The lowest BCUT2D eigenvalue weighted by molar-refractivity contribution is 0.0986. The van der Waals surface area contributed by atoms with Gasteiger partial charge >= 0.3 is 0 Å². The molecule has 1 saturated heterocycles. The van der Waals surface area contributed by atoms with Crippen LogP contribution in [0.25, 0.3) is 0 Å². The monoisotopic (exact) mass is 413 g/mol. The van der Waals surface area contributed by atoms with Crippen molar-refractivity contribution in [2.24, 2.45) is 0 Å². The number of nitrogens with zero attached hydrogens (tertiary/aromatic N) is 5. The molecule has 0 atom stereocenters. The third kappa shape index (κ3) is 3.76. The molecule has 1 aliphatic carbocycles. The SMILES string of the molecule is S=c1n(C2CC2)cnn1CN1CCN(Cc2ccc(Br)s2)CC1. The van der Waals surface area contributed by atoms with Gasteiger partial charge in [-0.05, 0) is 53.1 Å². The van der Waals surface area contributed by atoms with Crippen LogP contribution in [0.3, 0.4) is 0 Å². The maximum atomic E-state index is 5.55. The topological polar surface area (TPSA) is 29.2 Å². The molecule has 2 aromatic rings. The van der Waals surface area contributed by atoms with E-state index < -0.39 is 0 Å². The molecular weight excluding hydrogens is 394 g/mol. The average molecular weight is 414 g/mol. The highest BCUT2D eigenvalue weighted by Gasteiger charge is 2.25. The second-order valence-electron chi connectivity index (χ2n) is 6.29. The van der Waals surface area contributed by atoms with Crippen molar-refractivity contribution in [1.82, 2.24) is 24.1 Å². The second-order valence-corrected chi connectivity index (χ2v) is 9.21. The summed E-state index contributed by atoms with van der Waals surface area (Å²) in [6, 6.07) is 4.96. The summed E-state index contributed by atoms with van der Waals surface area (Å²) in [6.07, 6.45) is 4.40. The molecule has 23 heavy (non-hydrogen) atoms. The molecule has 0 amide bonds. The van der Waals surface area contributed by atoms with E-state index in [1.54, 1.807) is 0 Å². The molecule has 4 rings (SSSR count). The molecule has 124 valence electrons. The van der Waals surface area contributed by atoms with E-state index >= 15 is 0 Å². The van der Waals surface area contributed by atoms with Crippen molar-refractivity contribution in [3.05, 3.63) is 31.9 Å². The van der Waals surface area contributed by atoms with E-state index in [0.717, 1.165) is 44.2 Å². The van der Waals surface area contributed by atoms with E-state index in [1.165, 1.54) is 21.5 Å². The molecule has 8 heteroatoms. The molecule has 0 unspecified atom stereocenters. The summed E-state index contributed by atoms with van der Waals surface area (Å²) in [5, 5.41) is 4.48. The standard InChI is InChI=1S/C15H20BrN5S2/c16-14-4-3-13(23-14)9-18-5-7-19(8-6-18)11-21-15(22)20(10-17-21)12-1-2-12/h3-4,10,12H,1-2,5-9,11H2. The number of piperazine rings is 1. The van der Waals surface area contributed by atoms with Crippen molar-refractivity contribution < 1.29 is 0 Å². The first kappa shape index (κ1) is 16.0. The first-order chi connectivity index (χ1) is 11.2. The van der Waals surface area contributed by atoms with Gasteiger partial charge in [0.05, 0.1) is 10.5 Å². The molecule has 3 heterocycles. The number of halogens is 1. The lowest BCUT2D eigenvalue weighted by Gasteiger charge is -2.34. The van der Waals surface area contributed by atoms with Crippen LogP contribution in [0.2, 0.25) is 0 Å². The average Bonchev–Trinajstić information content (AvgIpc) is 3.21. The molecular formula is C15H20BrN5S2. The Balaban J connectivity index is 1.30. The van der Waals surface area contributed by atoms with Gasteiger partial charge in [0.2, 0.25) is 0 Å². The summed E-state index contributed by atoms with van der Waals surface area (Å²) in [5.74, 6) is 0. The Morgan fingerprint density at radius 1 is 1.17 bits per heavy atom. The molecule has 1 saturated carbocycles. The highest BCUT2D eigenvalue weighted by atomic mass is 79.9. The summed E-state index contributed by atoms with van der Waals surface area (Å²) in [5.41, 5.74) is 0. The van der Waals surface area contributed by atoms with E-state index in [0.29, 0.717) is 6.04 Å². The van der Waals surface area contributed by atoms with Crippen LogP contribution < -0.4 is 0 Å². The van der Waals surface area contributed by atoms with Gasteiger partial charge in [0.1, 0.15) is 6.33 Å². The van der Waals surface area contributed by atoms with Crippen LogP contribution in [0, 0.1) is 4.77 Å². The van der Waals surface area contributed by atoms with Crippen LogP contribution in [-0.4, -0.2) is 50.3 Å². The zero-order valence-corrected chi connectivity index (χ0v) is 16.1. The maximum absolute atomic E-state index is 5.55. The van der Waals surface area contributed by atoms with Gasteiger partial charge in [0, 0.05) is 43.6 Å². The largest absolute Gasteiger partial charge is 0.303 e. The fourth-order valence-electron chi connectivity index (χ4n) is 2.99. The summed E-state index contributed by atoms with van der Waals surface area (Å²) in [6.45, 7) is 6.23. The Labute approximate surface area is 153 Å². The molecule has 5 nitrogen and oxygen atoms in total. The highest BCUT2D eigenvalue weighted by molar-refractivity contribution is 9.11. The Morgan fingerprint density at radius 3 is 2.57 bits per heavy atom. The molecule has 2 aliphatic rings. The second kappa shape index (κ2) is 6.76. The van der Waals surface area contributed by atoms with Crippen molar-refractivity contribution in [3.63, 3.8) is 0 Å². The first-order valence-corrected chi connectivity index (χ1v) is 10.0. The van der Waals surface area contributed by atoms with Gasteiger partial charge in [-0.15, -0.1) is 11.3 Å². The smallest absolute Gasteiger partial charge is 0.199 e. The van der Waals surface area contributed by atoms with Crippen LogP contribution in [0.5, 0.6) is 0 Å². The molecule has 1 aliphatic heterocycles. The van der Waals surface area contributed by atoms with Gasteiger partial charge in [-0.2, -0.15) is 5.10 Å². The van der Waals surface area contributed by atoms with E-state index in [4.69, 9.17) is 12.2 Å². The Kier molecular flexibility index (Phi) is 4.69. The highest BCUT2D eigenvalue weighted by Crippen LogP contribution is 2.34. The van der Waals surface area contributed by atoms with E-state index in [1.807, 2.05) is 22.3 Å². The number of rotatable bonds is 5. The van der Waals surface area contributed by atoms with E-state index in [2.05, 4.69) is 47.5 Å². The fourth-order valence-corrected chi connectivity index (χ4v) is 4.81. The van der Waals surface area contributed by atoms with Crippen LogP contribution in [0.1, 0.15) is 23.8 Å². The lowest BCUT2D eigenvalue weighted by atomic mass is 10.3. The number of aromatic nitrogens is 3. The fraction of sp³-hybridized carbons (Fsp3) is 0.600. The minimum absolute atomic E-state index is 0.609. The summed E-state index contributed by atoms with van der Waals surface area (Å²) < 4.78 is 6.21. The van der Waals surface area contributed by atoms with Crippen LogP contribution in [0.4, 0.5) is 0 Å². The third-order valence-corrected chi connectivity index (χ3v) is 6.53. The minimum atomic E-state index is 0.609. The molecule has 0 N–H and O–H groups in total. The van der Waals surface area contributed by atoms with E-state index in [9.17, 15) is 0 Å². The molecule has 0 aromatic carbocycles. The zero-order valence-electron chi connectivity index (χ0n) is 12.9. The Bertz CT molecular complexity index is 724. The lowest BCUT2D eigenvalue weighted by Crippen LogP contribution is -2.46. The Hall–Kier alpha value is -0.540. The van der Waals surface area contributed by atoms with Crippen molar-refractivity contribution in [2.75, 3.05) is 26.2 Å². The van der Waals surface area contributed by atoms with Crippen LogP contribution >= 0.6 is 39.5 Å². The number of hydrogen-bond acceptors (Lipinski definition) is 5. The summed E-state index contributed by atoms with van der Waals surface area (Å²) >= 11 is 10.9. The van der Waals surface area contributed by atoms with Gasteiger partial charge < -0.3 is 4.57 Å². The first-order valence-electron chi connectivity index (χ1n) is 8.02. The normalized spacial score (nSPS) is 20.2. The van der Waals surface area contributed by atoms with Gasteiger partial charge in [0.15, 0.2) is 4.77 Å². The van der Waals surface area contributed by atoms with Crippen molar-refractivity contribution >= 4 is 39.5 Å². The molecule has 2 fully saturated rings. The van der Waals surface area contributed by atoms with E-state index in [-0.39, 0.29) is 0 Å². The maximum Gasteiger partial charge on any atom is 0.199 e. The Morgan fingerprint density at radius 2 is 1.91 bits per heavy atom. The predicted octanol–water partition coefficient (Wildman–Crippen LogP) is 3.35. The number of hydrogen-bond donors (Lipinski definition) is 0. The third-order valence-electron chi connectivity index (χ3n) is 4.50. The van der Waals surface area contributed by atoms with Crippen LogP contribution in [-0.2, 0) is 13.2 Å². The predicted molar refractivity (Wildman–Crippen MR) is 98.2 cm³/mol. The van der Waals surface area contributed by atoms with Crippen molar-refractivity contribution in [2.45, 2.75) is 32.1 Å². The van der Waals surface area contributed by atoms with Gasteiger partial charge in [-0.3, -0.25) is 9.80 Å². The molecule has 2 aromatic heterocycles. The minimum Gasteiger partial charge on any atom is -0.303 e. The van der Waals surface area contributed by atoms with Crippen molar-refractivity contribution in [1.29, 1.82) is 0 Å². The van der Waals surface area contributed by atoms with Crippen molar-refractivity contribution in [3.8, 4) is 0 Å². The molecule has 0 spiro atoms. The summed E-state index contributed by atoms with van der Waals surface area (Å²) in [4.78, 5) is 6.40. The number of thiophene rings is 1. The quantitative estimate of drug-likeness (QED) is 0.702. The molecule has 0 bridgehead atoms. The molecule has 0 radical (unpaired) electrons. The van der Waals surface area contributed by atoms with Gasteiger partial charge in [0.25, 0.3) is 0 Å². The zero-order chi connectivity index (χ0) is 15.8.